The summed E-state index contributed by atoms with van der Waals surface area (Å²) >= 11 is 0. The van der Waals surface area contributed by atoms with E-state index in [1.54, 1.807) is 17.3 Å². The van der Waals surface area contributed by atoms with E-state index >= 15 is 0 Å². The third-order valence-corrected chi connectivity index (χ3v) is 3.99. The summed E-state index contributed by atoms with van der Waals surface area (Å²) in [6.45, 7) is 1.36. The molecule has 1 aromatic heterocycles. The molecule has 1 aliphatic heterocycles. The first-order valence-corrected chi connectivity index (χ1v) is 7.60. The molecule has 0 bridgehead atoms. The fraction of sp³-hybridized carbons (Fsp3) is 0.375. The number of aryl methyl sites for hydroxylation is 1. The Hall–Kier alpha value is -2.48. The molecule has 1 N–H and O–H groups in total. The molecule has 8 heteroatoms. The van der Waals surface area contributed by atoms with E-state index in [1.165, 1.54) is 6.07 Å². The number of aromatic nitrogens is 2. The molecule has 1 atom stereocenters. The van der Waals surface area contributed by atoms with Crippen molar-refractivity contribution in [1.82, 2.24) is 19.8 Å². The van der Waals surface area contributed by atoms with Crippen LogP contribution in [-0.4, -0.2) is 40.2 Å². The van der Waals surface area contributed by atoms with Crippen LogP contribution in [0, 0.1) is 11.6 Å². The van der Waals surface area contributed by atoms with Gasteiger partial charge in [-0.3, -0.25) is 0 Å². The van der Waals surface area contributed by atoms with Crippen LogP contribution in [0.25, 0.3) is 0 Å². The van der Waals surface area contributed by atoms with E-state index in [1.807, 2.05) is 11.6 Å². The molecule has 0 saturated carbocycles. The summed E-state index contributed by atoms with van der Waals surface area (Å²) in [7, 11) is 1.85. The van der Waals surface area contributed by atoms with Crippen molar-refractivity contribution in [3.63, 3.8) is 0 Å². The van der Waals surface area contributed by atoms with Gasteiger partial charge in [-0.25, -0.2) is 18.6 Å². The Bertz CT molecular complexity index is 735. The van der Waals surface area contributed by atoms with E-state index in [-0.39, 0.29) is 12.6 Å². The number of halogens is 2. The second-order valence-corrected chi connectivity index (χ2v) is 5.59. The van der Waals surface area contributed by atoms with Gasteiger partial charge < -0.3 is 19.5 Å². The molecular formula is C16H18F2N4O2. The number of carbonyl (C=O) groups is 1. The van der Waals surface area contributed by atoms with Crippen LogP contribution in [0.4, 0.5) is 13.6 Å². The van der Waals surface area contributed by atoms with E-state index in [9.17, 15) is 13.6 Å². The van der Waals surface area contributed by atoms with Crippen LogP contribution in [0.1, 0.15) is 17.5 Å². The van der Waals surface area contributed by atoms with Gasteiger partial charge in [-0.1, -0.05) is 6.07 Å². The minimum atomic E-state index is -0.924. The van der Waals surface area contributed by atoms with Crippen molar-refractivity contribution in [2.75, 3.05) is 19.7 Å². The van der Waals surface area contributed by atoms with Gasteiger partial charge in [0.05, 0.1) is 19.7 Å². The van der Waals surface area contributed by atoms with Gasteiger partial charge in [0, 0.05) is 26.0 Å². The van der Waals surface area contributed by atoms with Gasteiger partial charge >= 0.3 is 6.03 Å². The largest absolute Gasteiger partial charge is 0.370 e. The van der Waals surface area contributed by atoms with Gasteiger partial charge in [-0.2, -0.15) is 0 Å². The molecule has 3 rings (SSSR count). The van der Waals surface area contributed by atoms with Gasteiger partial charge in [0.1, 0.15) is 11.9 Å². The van der Waals surface area contributed by atoms with Crippen LogP contribution in [0.2, 0.25) is 0 Å². The van der Waals surface area contributed by atoms with Crippen LogP contribution in [0.3, 0.4) is 0 Å². The maximum Gasteiger partial charge on any atom is 0.317 e. The molecule has 6 nitrogen and oxygen atoms in total. The van der Waals surface area contributed by atoms with Crippen LogP contribution < -0.4 is 5.32 Å². The summed E-state index contributed by atoms with van der Waals surface area (Å²) in [5.74, 6) is -1.08. The lowest BCUT2D eigenvalue weighted by Gasteiger charge is -2.33. The second kappa shape index (κ2) is 6.96. The molecule has 0 radical (unpaired) electrons. The van der Waals surface area contributed by atoms with Crippen molar-refractivity contribution in [2.45, 2.75) is 12.6 Å². The van der Waals surface area contributed by atoms with Crippen molar-refractivity contribution in [2.24, 2.45) is 7.05 Å². The van der Waals surface area contributed by atoms with E-state index in [2.05, 4.69) is 10.3 Å². The highest BCUT2D eigenvalue weighted by Crippen LogP contribution is 2.23. The van der Waals surface area contributed by atoms with Crippen molar-refractivity contribution in [3.8, 4) is 0 Å². The summed E-state index contributed by atoms with van der Waals surface area (Å²) in [4.78, 5) is 18.0. The van der Waals surface area contributed by atoms with E-state index < -0.39 is 17.7 Å². The van der Waals surface area contributed by atoms with Gasteiger partial charge in [-0.15, -0.1) is 0 Å². The van der Waals surface area contributed by atoms with Crippen molar-refractivity contribution >= 4 is 6.03 Å². The zero-order valence-corrected chi connectivity index (χ0v) is 13.2. The zero-order chi connectivity index (χ0) is 17.1. The minimum Gasteiger partial charge on any atom is -0.370 e. The maximum atomic E-state index is 13.4. The molecule has 24 heavy (non-hydrogen) atoms. The number of hydrogen-bond donors (Lipinski definition) is 1. The lowest BCUT2D eigenvalue weighted by molar-refractivity contribution is -0.0156. The maximum absolute atomic E-state index is 13.4. The molecule has 1 aromatic carbocycles. The first kappa shape index (κ1) is 16.4. The van der Waals surface area contributed by atoms with Crippen LogP contribution >= 0.6 is 0 Å². The third kappa shape index (κ3) is 3.53. The molecule has 2 aromatic rings. The van der Waals surface area contributed by atoms with Crippen molar-refractivity contribution in [1.29, 1.82) is 0 Å². The highest BCUT2D eigenvalue weighted by Gasteiger charge is 2.26. The summed E-state index contributed by atoms with van der Waals surface area (Å²) in [5, 5.41) is 2.80. The molecule has 1 aliphatic rings. The summed E-state index contributed by atoms with van der Waals surface area (Å²) in [5.41, 5.74) is 0.510. The van der Waals surface area contributed by atoms with Crippen LogP contribution in [-0.2, 0) is 18.3 Å². The topological polar surface area (TPSA) is 59.4 Å². The lowest BCUT2D eigenvalue weighted by Crippen LogP contribution is -2.47. The van der Waals surface area contributed by atoms with Gasteiger partial charge in [0.15, 0.2) is 11.6 Å². The number of morpholine rings is 1. The number of imidazole rings is 1. The predicted octanol–water partition coefficient (Wildman–Crippen LogP) is 1.98. The van der Waals surface area contributed by atoms with E-state index in [4.69, 9.17) is 4.74 Å². The number of urea groups is 1. The third-order valence-electron chi connectivity index (χ3n) is 3.99. The number of nitrogens with one attached hydrogen (secondary N) is 1. The SMILES string of the molecule is Cn1ccnc1CNC(=O)N1CCO[C@H](c2ccc(F)c(F)c2)C1. The lowest BCUT2D eigenvalue weighted by atomic mass is 10.1. The minimum absolute atomic E-state index is 0.242. The molecule has 0 unspecified atom stereocenters. The Labute approximate surface area is 138 Å². The van der Waals surface area contributed by atoms with Gasteiger partial charge in [-0.05, 0) is 17.7 Å². The predicted molar refractivity (Wildman–Crippen MR) is 82.1 cm³/mol. The fourth-order valence-corrected chi connectivity index (χ4v) is 2.58. The van der Waals surface area contributed by atoms with Crippen LogP contribution in [0.5, 0.6) is 0 Å². The number of hydrogen-bond acceptors (Lipinski definition) is 3. The first-order chi connectivity index (χ1) is 11.5. The molecule has 0 aliphatic carbocycles. The number of ether oxygens (including phenoxy) is 1. The summed E-state index contributed by atoms with van der Waals surface area (Å²) in [6, 6.07) is 3.40. The Morgan fingerprint density at radius 3 is 2.96 bits per heavy atom. The number of rotatable bonds is 3. The summed E-state index contributed by atoms with van der Waals surface area (Å²) in [6.07, 6.45) is 2.98. The molecule has 0 spiro atoms. The number of amides is 2. The molecular weight excluding hydrogens is 318 g/mol. The Balaban J connectivity index is 1.61. The molecule has 2 amide bonds. The highest BCUT2D eigenvalue weighted by molar-refractivity contribution is 5.74. The smallest absolute Gasteiger partial charge is 0.317 e. The Morgan fingerprint density at radius 2 is 2.25 bits per heavy atom. The van der Waals surface area contributed by atoms with Gasteiger partial charge in [0.2, 0.25) is 0 Å². The van der Waals surface area contributed by atoms with E-state index in [0.717, 1.165) is 18.0 Å². The monoisotopic (exact) mass is 336 g/mol. The average Bonchev–Trinajstić information content (AvgIpc) is 3.00. The average molecular weight is 336 g/mol. The molecule has 128 valence electrons. The molecule has 2 heterocycles. The Morgan fingerprint density at radius 1 is 1.42 bits per heavy atom. The first-order valence-electron chi connectivity index (χ1n) is 7.60. The van der Waals surface area contributed by atoms with Gasteiger partial charge in [0.25, 0.3) is 0 Å². The normalized spacial score (nSPS) is 17.8. The zero-order valence-electron chi connectivity index (χ0n) is 13.2. The quantitative estimate of drug-likeness (QED) is 0.932. The number of carbonyl (C=O) groups excluding carboxylic acids is 1. The fourth-order valence-electron chi connectivity index (χ4n) is 2.58. The molecule has 1 saturated heterocycles. The Kier molecular flexibility index (Phi) is 4.75. The van der Waals surface area contributed by atoms with Crippen LogP contribution in [0.15, 0.2) is 30.6 Å². The summed E-state index contributed by atoms with van der Waals surface area (Å²) < 4.78 is 33.8. The second-order valence-electron chi connectivity index (χ2n) is 5.59. The van der Waals surface area contributed by atoms with Crippen molar-refractivity contribution in [3.05, 3.63) is 53.6 Å². The number of nitrogens with zero attached hydrogens (tertiary/aromatic N) is 3. The standard InChI is InChI=1S/C16H18F2N4O2/c1-21-5-4-19-15(21)9-20-16(23)22-6-7-24-14(10-22)11-2-3-12(17)13(18)8-11/h2-5,8,14H,6-7,9-10H2,1H3,(H,20,23)/t14-/m0/s1. The molecule has 1 fully saturated rings. The number of benzene rings is 1. The highest BCUT2D eigenvalue weighted by atomic mass is 19.2. The van der Waals surface area contributed by atoms with E-state index in [0.29, 0.717) is 25.3 Å². The van der Waals surface area contributed by atoms with Crippen molar-refractivity contribution < 1.29 is 18.3 Å².